The van der Waals surface area contributed by atoms with Gasteiger partial charge in [0.05, 0.1) is 7.11 Å². The molecule has 0 radical (unpaired) electrons. The molecule has 0 spiro atoms. The highest BCUT2D eigenvalue weighted by Crippen LogP contribution is 2.44. The quantitative estimate of drug-likeness (QED) is 0.108. The second kappa shape index (κ2) is 17.3. The Balaban J connectivity index is 1.45. The van der Waals surface area contributed by atoms with Crippen LogP contribution in [0.1, 0.15) is 77.3 Å². The van der Waals surface area contributed by atoms with Crippen molar-refractivity contribution in [3.05, 3.63) is 83.9 Å². The molecule has 45 heavy (non-hydrogen) atoms. The molecule has 3 rings (SSSR count). The van der Waals surface area contributed by atoms with Gasteiger partial charge in [0.15, 0.2) is 0 Å². The van der Waals surface area contributed by atoms with Crippen molar-refractivity contribution in [2.45, 2.75) is 77.0 Å². The molecule has 0 saturated heterocycles. The van der Waals surface area contributed by atoms with Crippen LogP contribution in [0.3, 0.4) is 0 Å². The first-order chi connectivity index (χ1) is 21.5. The highest BCUT2D eigenvalue weighted by Gasteiger charge is 2.30. The molecule has 0 aliphatic rings. The van der Waals surface area contributed by atoms with E-state index in [1.165, 1.54) is 0 Å². The molecule has 0 aromatic heterocycles. The molecule has 0 aliphatic heterocycles. The van der Waals surface area contributed by atoms with Crippen LogP contribution < -0.4 is 14.2 Å². The number of methoxy groups -OCH3 is 1. The number of esters is 2. The van der Waals surface area contributed by atoms with Crippen molar-refractivity contribution in [2.24, 2.45) is 0 Å². The lowest BCUT2D eigenvalue weighted by molar-refractivity contribution is -0.145. The van der Waals surface area contributed by atoms with Crippen molar-refractivity contribution >= 4 is 11.9 Å². The summed E-state index contributed by atoms with van der Waals surface area (Å²) in [5.74, 6) is 1.80. The Morgan fingerprint density at radius 3 is 1.53 bits per heavy atom. The summed E-state index contributed by atoms with van der Waals surface area (Å²) < 4.78 is 27.6. The predicted molar refractivity (Wildman–Crippen MR) is 174 cm³/mol. The summed E-state index contributed by atoms with van der Waals surface area (Å²) in [6, 6.07) is 22.5. The van der Waals surface area contributed by atoms with Crippen molar-refractivity contribution in [2.75, 3.05) is 33.5 Å². The third-order valence-corrected chi connectivity index (χ3v) is 7.86. The molecule has 0 unspecified atom stereocenters. The Labute approximate surface area is 267 Å². The van der Waals surface area contributed by atoms with Gasteiger partial charge in [0, 0.05) is 24.0 Å². The van der Waals surface area contributed by atoms with Gasteiger partial charge >= 0.3 is 11.9 Å². The topological polar surface area (TPSA) is 101 Å². The monoisotopic (exact) mass is 620 g/mol. The highest BCUT2D eigenvalue weighted by atomic mass is 16.6. The van der Waals surface area contributed by atoms with Crippen LogP contribution in [0.25, 0.3) is 0 Å². The third-order valence-electron chi connectivity index (χ3n) is 7.86. The Hall–Kier alpha value is -4.20. The minimum absolute atomic E-state index is 0.183. The molecule has 0 atom stereocenters. The summed E-state index contributed by atoms with van der Waals surface area (Å²) in [4.78, 5) is 24.5. The lowest BCUT2D eigenvalue weighted by Gasteiger charge is -2.31. The molecule has 0 heterocycles. The maximum absolute atomic E-state index is 12.3. The van der Waals surface area contributed by atoms with Gasteiger partial charge in [-0.1, -0.05) is 64.1 Å². The molecule has 0 aliphatic carbocycles. The van der Waals surface area contributed by atoms with Crippen LogP contribution in [0.5, 0.6) is 23.0 Å². The summed E-state index contributed by atoms with van der Waals surface area (Å²) in [5, 5.41) is 11.1. The Bertz CT molecular complexity index is 1340. The van der Waals surface area contributed by atoms with Crippen LogP contribution in [-0.4, -0.2) is 50.6 Å². The van der Waals surface area contributed by atoms with E-state index >= 15 is 0 Å². The SMILES string of the molecule is COc1cc(C(C)(C)CCCC(=O)OCCOc2ccccc2)c(O)cc1C(C)(C)CCCC(=O)OCCOc1ccccc1. The second-order valence-corrected chi connectivity index (χ2v) is 12.3. The number of hydrogen-bond donors (Lipinski definition) is 1. The molecule has 0 fully saturated rings. The average molecular weight is 621 g/mol. The zero-order valence-corrected chi connectivity index (χ0v) is 27.3. The zero-order valence-electron chi connectivity index (χ0n) is 27.3. The maximum Gasteiger partial charge on any atom is 0.305 e. The molecule has 244 valence electrons. The number of carbonyl (C=O) groups is 2. The molecule has 3 aromatic carbocycles. The largest absolute Gasteiger partial charge is 0.508 e. The number of benzene rings is 3. The summed E-state index contributed by atoms with van der Waals surface area (Å²) in [5.41, 5.74) is 0.846. The van der Waals surface area contributed by atoms with Crippen LogP contribution in [0.2, 0.25) is 0 Å². The fraction of sp³-hybridized carbons (Fsp3) is 0.459. The first-order valence-corrected chi connectivity index (χ1v) is 15.6. The number of rotatable bonds is 19. The molecule has 8 heteroatoms. The number of aromatic hydroxyl groups is 1. The molecule has 0 saturated carbocycles. The summed E-state index contributed by atoms with van der Waals surface area (Å²) in [6.45, 7) is 9.22. The summed E-state index contributed by atoms with van der Waals surface area (Å²) >= 11 is 0. The average Bonchev–Trinajstić information content (AvgIpc) is 3.02. The lowest BCUT2D eigenvalue weighted by Crippen LogP contribution is -2.22. The molecule has 0 amide bonds. The number of para-hydroxylation sites is 2. The Kier molecular flexibility index (Phi) is 13.6. The van der Waals surface area contributed by atoms with E-state index in [1.54, 1.807) is 13.2 Å². The maximum atomic E-state index is 12.3. The Morgan fingerprint density at radius 1 is 0.644 bits per heavy atom. The third kappa shape index (κ3) is 11.7. The first kappa shape index (κ1) is 35.3. The summed E-state index contributed by atoms with van der Waals surface area (Å²) in [6.07, 6.45) is 3.16. The molecular weight excluding hydrogens is 572 g/mol. The number of phenols is 1. The van der Waals surface area contributed by atoms with E-state index in [0.717, 1.165) is 22.6 Å². The van der Waals surface area contributed by atoms with Gasteiger partial charge in [-0.15, -0.1) is 0 Å². The minimum atomic E-state index is -0.412. The van der Waals surface area contributed by atoms with Gasteiger partial charge in [-0.05, 0) is 72.9 Å². The van der Waals surface area contributed by atoms with Crippen LogP contribution >= 0.6 is 0 Å². The molecule has 8 nitrogen and oxygen atoms in total. The first-order valence-electron chi connectivity index (χ1n) is 15.6. The van der Waals surface area contributed by atoms with Crippen LogP contribution in [0.15, 0.2) is 72.8 Å². The van der Waals surface area contributed by atoms with Crippen molar-refractivity contribution in [1.82, 2.24) is 0 Å². The van der Waals surface area contributed by atoms with Crippen LogP contribution in [0, 0.1) is 0 Å². The lowest BCUT2D eigenvalue weighted by atomic mass is 9.75. The van der Waals surface area contributed by atoms with E-state index in [1.807, 2.05) is 80.6 Å². The van der Waals surface area contributed by atoms with Crippen LogP contribution in [0.4, 0.5) is 0 Å². The van der Waals surface area contributed by atoms with Crippen LogP contribution in [-0.2, 0) is 29.9 Å². The molecule has 1 N–H and O–H groups in total. The van der Waals surface area contributed by atoms with Gasteiger partial charge in [0.25, 0.3) is 0 Å². The minimum Gasteiger partial charge on any atom is -0.508 e. The predicted octanol–water partition coefficient (Wildman–Crippen LogP) is 7.54. The van der Waals surface area contributed by atoms with Gasteiger partial charge in [-0.25, -0.2) is 0 Å². The fourth-order valence-electron chi connectivity index (χ4n) is 5.23. The van der Waals surface area contributed by atoms with Crippen molar-refractivity contribution in [3.8, 4) is 23.0 Å². The van der Waals surface area contributed by atoms with Crippen molar-refractivity contribution < 1.29 is 38.4 Å². The normalized spacial score (nSPS) is 11.5. The number of phenolic OH excluding ortho intramolecular Hbond substituents is 1. The number of carbonyl (C=O) groups excluding carboxylic acids is 2. The van der Waals surface area contributed by atoms with Gasteiger partial charge in [-0.3, -0.25) is 9.59 Å². The highest BCUT2D eigenvalue weighted by molar-refractivity contribution is 5.69. The zero-order chi connectivity index (χ0) is 32.7. The smallest absolute Gasteiger partial charge is 0.305 e. The van der Waals surface area contributed by atoms with Gasteiger partial charge in [0.2, 0.25) is 0 Å². The van der Waals surface area contributed by atoms with Crippen molar-refractivity contribution in [3.63, 3.8) is 0 Å². The summed E-state index contributed by atoms with van der Waals surface area (Å²) in [7, 11) is 1.62. The molecule has 3 aromatic rings. The number of hydrogen-bond acceptors (Lipinski definition) is 8. The van der Waals surface area contributed by atoms with Gasteiger partial charge in [0.1, 0.15) is 49.4 Å². The van der Waals surface area contributed by atoms with E-state index in [9.17, 15) is 14.7 Å². The molecule has 0 bridgehead atoms. The standard InChI is InChI=1S/C37H48O8/c1-36(2,20-12-18-34(39)44-24-22-42-28-14-8-6-9-15-28)30-27-33(41-5)31(26-32(30)38)37(3,4)21-13-19-35(40)45-25-23-43-29-16-10-7-11-17-29/h6-11,14-17,26-27,38H,12-13,18-25H2,1-5H3. The number of ether oxygens (including phenoxy) is 5. The second-order valence-electron chi connectivity index (χ2n) is 12.3. The Morgan fingerprint density at radius 2 is 1.09 bits per heavy atom. The van der Waals surface area contributed by atoms with Crippen molar-refractivity contribution in [1.29, 1.82) is 0 Å². The van der Waals surface area contributed by atoms with E-state index < -0.39 is 5.41 Å². The van der Waals surface area contributed by atoms with E-state index in [2.05, 4.69) is 13.8 Å². The van der Waals surface area contributed by atoms with E-state index in [-0.39, 0.29) is 49.2 Å². The molecular formula is C37H48O8. The van der Waals surface area contributed by atoms with E-state index in [4.69, 9.17) is 23.7 Å². The van der Waals surface area contributed by atoms with E-state index in [0.29, 0.717) is 44.6 Å². The fourth-order valence-corrected chi connectivity index (χ4v) is 5.23. The van der Waals surface area contributed by atoms with Gasteiger partial charge < -0.3 is 28.8 Å². The van der Waals surface area contributed by atoms with Gasteiger partial charge in [-0.2, -0.15) is 0 Å².